The molecule has 4 nitrogen and oxygen atoms in total. The molecular formula is C22H25N3O. The van der Waals surface area contributed by atoms with Crippen molar-refractivity contribution in [2.45, 2.75) is 26.7 Å². The van der Waals surface area contributed by atoms with Crippen LogP contribution in [0.1, 0.15) is 32.3 Å². The molecule has 0 amide bonds. The number of nitrogens with zero attached hydrogens (tertiary/aromatic N) is 3. The maximum absolute atomic E-state index is 9.15. The summed E-state index contributed by atoms with van der Waals surface area (Å²) in [6.45, 7) is 5.05. The van der Waals surface area contributed by atoms with Crippen molar-refractivity contribution in [1.82, 2.24) is 0 Å². The van der Waals surface area contributed by atoms with Gasteiger partial charge >= 0.3 is 0 Å². The number of benzene rings is 1. The van der Waals surface area contributed by atoms with E-state index in [0.717, 1.165) is 35.2 Å². The van der Waals surface area contributed by atoms with Gasteiger partial charge in [-0.3, -0.25) is 0 Å². The molecule has 1 aromatic rings. The zero-order valence-corrected chi connectivity index (χ0v) is 15.7. The molecule has 0 bridgehead atoms. The van der Waals surface area contributed by atoms with Crippen molar-refractivity contribution in [3.05, 3.63) is 58.7 Å². The van der Waals surface area contributed by atoms with Crippen LogP contribution in [0.15, 0.2) is 53.1 Å². The summed E-state index contributed by atoms with van der Waals surface area (Å²) >= 11 is 0. The van der Waals surface area contributed by atoms with E-state index in [4.69, 9.17) is 15.6 Å². The number of hydrogen-bond donors (Lipinski definition) is 1. The van der Waals surface area contributed by atoms with Crippen LogP contribution >= 0.6 is 0 Å². The van der Waals surface area contributed by atoms with Gasteiger partial charge in [-0.15, -0.1) is 0 Å². The van der Waals surface area contributed by atoms with E-state index < -0.39 is 0 Å². The van der Waals surface area contributed by atoms with Crippen LogP contribution in [0, 0.1) is 28.1 Å². The van der Waals surface area contributed by atoms with Crippen LogP contribution in [-0.4, -0.2) is 25.3 Å². The van der Waals surface area contributed by atoms with Crippen molar-refractivity contribution in [2.24, 2.45) is 5.41 Å². The van der Waals surface area contributed by atoms with Gasteiger partial charge < -0.3 is 10.0 Å². The number of aliphatic hydroxyl groups is 1. The Kier molecular flexibility index (Phi) is 6.39. The van der Waals surface area contributed by atoms with Crippen LogP contribution in [-0.2, 0) is 0 Å². The van der Waals surface area contributed by atoms with E-state index in [0.29, 0.717) is 6.54 Å². The highest BCUT2D eigenvalue weighted by Gasteiger charge is 2.26. The van der Waals surface area contributed by atoms with Gasteiger partial charge in [-0.1, -0.05) is 44.2 Å². The van der Waals surface area contributed by atoms with Crippen molar-refractivity contribution in [2.75, 3.05) is 25.1 Å². The molecule has 0 unspecified atom stereocenters. The van der Waals surface area contributed by atoms with Crippen molar-refractivity contribution in [1.29, 1.82) is 10.5 Å². The highest BCUT2D eigenvalue weighted by molar-refractivity contribution is 5.59. The van der Waals surface area contributed by atoms with Gasteiger partial charge in [0.15, 0.2) is 0 Å². The molecule has 0 heterocycles. The Morgan fingerprint density at radius 1 is 1.15 bits per heavy atom. The first-order valence-corrected chi connectivity index (χ1v) is 8.72. The van der Waals surface area contributed by atoms with Crippen LogP contribution in [0.2, 0.25) is 0 Å². The molecule has 0 spiro atoms. The second-order valence-electron chi connectivity index (χ2n) is 7.43. The lowest BCUT2D eigenvalue weighted by Gasteiger charge is -2.30. The van der Waals surface area contributed by atoms with Gasteiger partial charge in [0.05, 0.1) is 6.61 Å². The summed E-state index contributed by atoms with van der Waals surface area (Å²) in [5.74, 6) is 0. The summed E-state index contributed by atoms with van der Waals surface area (Å²) in [5, 5.41) is 27.3. The predicted molar refractivity (Wildman–Crippen MR) is 105 cm³/mol. The molecule has 0 radical (unpaired) electrons. The largest absolute Gasteiger partial charge is 0.395 e. The molecule has 4 heteroatoms. The van der Waals surface area contributed by atoms with E-state index >= 15 is 0 Å². The summed E-state index contributed by atoms with van der Waals surface area (Å²) in [6, 6.07) is 12.2. The van der Waals surface area contributed by atoms with E-state index in [1.165, 1.54) is 0 Å². The quantitative estimate of drug-likeness (QED) is 0.810. The summed E-state index contributed by atoms with van der Waals surface area (Å²) in [6.07, 6.45) is 7.76. The second kappa shape index (κ2) is 8.52. The summed E-state index contributed by atoms with van der Waals surface area (Å²) in [4.78, 5) is 2.00. The lowest BCUT2D eigenvalue weighted by molar-refractivity contribution is 0.304. The third kappa shape index (κ3) is 5.09. The first-order chi connectivity index (χ1) is 12.4. The number of hydrogen-bond acceptors (Lipinski definition) is 4. The number of likely N-dealkylation sites (N-methyl/N-ethyl adjacent to an activating group) is 1. The molecule has 1 aromatic carbocycles. The molecular weight excluding hydrogens is 322 g/mol. The molecule has 0 atom stereocenters. The van der Waals surface area contributed by atoms with Gasteiger partial charge in [-0.25, -0.2) is 0 Å². The minimum absolute atomic E-state index is 0.0274. The summed E-state index contributed by atoms with van der Waals surface area (Å²) in [7, 11) is 1.95. The Bertz CT molecular complexity index is 798. The van der Waals surface area contributed by atoms with Crippen molar-refractivity contribution in [3.63, 3.8) is 0 Å². The molecule has 0 saturated carbocycles. The zero-order chi connectivity index (χ0) is 19.2. The fraction of sp³-hybridized carbons (Fsp3) is 0.364. The Balaban J connectivity index is 2.22. The molecule has 0 fully saturated rings. The van der Waals surface area contributed by atoms with Crippen LogP contribution < -0.4 is 4.90 Å². The van der Waals surface area contributed by atoms with E-state index in [9.17, 15) is 0 Å². The first-order valence-electron chi connectivity index (χ1n) is 8.72. The SMILES string of the molecule is CN(CCO)c1ccc(/C=C/C2=CC(=C(C#N)C#N)CC(C)(C)C2)cc1. The highest BCUT2D eigenvalue weighted by atomic mass is 16.3. The maximum Gasteiger partial charge on any atom is 0.132 e. The Morgan fingerprint density at radius 3 is 2.38 bits per heavy atom. The van der Waals surface area contributed by atoms with Crippen LogP contribution in [0.4, 0.5) is 5.69 Å². The Hall–Kier alpha value is -2.82. The van der Waals surface area contributed by atoms with E-state index in [2.05, 4.69) is 26.0 Å². The minimum Gasteiger partial charge on any atom is -0.395 e. The average molecular weight is 347 g/mol. The fourth-order valence-corrected chi connectivity index (χ4v) is 3.21. The molecule has 1 aliphatic rings. The third-order valence-corrected chi connectivity index (χ3v) is 4.52. The lowest BCUT2D eigenvalue weighted by atomic mass is 9.74. The van der Waals surface area contributed by atoms with Crippen LogP contribution in [0.5, 0.6) is 0 Å². The number of anilines is 1. The number of rotatable bonds is 5. The van der Waals surface area contributed by atoms with Crippen LogP contribution in [0.3, 0.4) is 0 Å². The van der Waals surface area contributed by atoms with Crippen molar-refractivity contribution in [3.8, 4) is 12.1 Å². The van der Waals surface area contributed by atoms with Crippen molar-refractivity contribution < 1.29 is 5.11 Å². The van der Waals surface area contributed by atoms with Gasteiger partial charge in [0.1, 0.15) is 17.7 Å². The maximum atomic E-state index is 9.15. The first kappa shape index (κ1) is 19.5. The van der Waals surface area contributed by atoms with E-state index in [1.807, 2.05) is 54.4 Å². The smallest absolute Gasteiger partial charge is 0.132 e. The number of nitriles is 2. The third-order valence-electron chi connectivity index (χ3n) is 4.52. The number of allylic oxidation sites excluding steroid dienone is 5. The zero-order valence-electron chi connectivity index (χ0n) is 15.7. The summed E-state index contributed by atoms with van der Waals surface area (Å²) in [5.41, 5.74) is 4.33. The van der Waals surface area contributed by atoms with Crippen molar-refractivity contribution >= 4 is 11.8 Å². The fourth-order valence-electron chi connectivity index (χ4n) is 3.21. The topological polar surface area (TPSA) is 71.0 Å². The molecule has 26 heavy (non-hydrogen) atoms. The van der Waals surface area contributed by atoms with Gasteiger partial charge in [-0.05, 0) is 47.1 Å². The minimum atomic E-state index is 0.0274. The molecule has 134 valence electrons. The predicted octanol–water partition coefficient (Wildman–Crippen LogP) is 4.22. The summed E-state index contributed by atoms with van der Waals surface area (Å²) < 4.78 is 0. The van der Waals surface area contributed by atoms with Gasteiger partial charge in [0.25, 0.3) is 0 Å². The Labute approximate surface area is 156 Å². The monoisotopic (exact) mass is 347 g/mol. The normalized spacial score (nSPS) is 15.9. The molecule has 0 aliphatic heterocycles. The molecule has 1 N–H and O–H groups in total. The molecule has 0 saturated heterocycles. The molecule has 1 aliphatic carbocycles. The van der Waals surface area contributed by atoms with E-state index in [1.54, 1.807) is 0 Å². The van der Waals surface area contributed by atoms with Gasteiger partial charge in [0.2, 0.25) is 0 Å². The molecule has 2 rings (SSSR count). The molecule has 0 aromatic heterocycles. The highest BCUT2D eigenvalue weighted by Crippen LogP contribution is 2.39. The van der Waals surface area contributed by atoms with Gasteiger partial charge in [0, 0.05) is 19.3 Å². The Morgan fingerprint density at radius 2 is 1.81 bits per heavy atom. The van der Waals surface area contributed by atoms with E-state index in [-0.39, 0.29) is 17.6 Å². The van der Waals surface area contributed by atoms with Crippen LogP contribution in [0.25, 0.3) is 6.08 Å². The lowest BCUT2D eigenvalue weighted by Crippen LogP contribution is -2.20. The second-order valence-corrected chi connectivity index (χ2v) is 7.43. The average Bonchev–Trinajstić information content (AvgIpc) is 2.60. The number of aliphatic hydroxyl groups excluding tert-OH is 1. The standard InChI is InChI=1S/C22H25N3O/c1-22(2)13-18(12-19(14-22)20(15-23)16-24)5-4-17-6-8-21(9-7-17)25(3)10-11-26/h4-9,12,26H,10-11,13-14H2,1-3H3/b5-4+. The van der Waals surface area contributed by atoms with Gasteiger partial charge in [-0.2, -0.15) is 10.5 Å².